The number of rotatable bonds is 3. The van der Waals surface area contributed by atoms with E-state index in [0.717, 1.165) is 40.9 Å². The number of hydrogen-bond donors (Lipinski definition) is 1. The molecular formula is C19H19FN4O. The van der Waals surface area contributed by atoms with Gasteiger partial charge in [-0.05, 0) is 62.1 Å². The topological polar surface area (TPSA) is 59.8 Å². The highest BCUT2D eigenvalue weighted by atomic mass is 19.1. The summed E-state index contributed by atoms with van der Waals surface area (Å²) in [6.45, 7) is 6.22. The van der Waals surface area contributed by atoms with Crippen molar-refractivity contribution in [2.75, 3.05) is 5.32 Å². The van der Waals surface area contributed by atoms with E-state index < -0.39 is 0 Å². The number of imidazole rings is 1. The molecule has 0 saturated heterocycles. The molecule has 0 radical (unpaired) electrons. The summed E-state index contributed by atoms with van der Waals surface area (Å²) in [5, 5.41) is 2.54. The number of halogens is 1. The minimum Gasteiger partial charge on any atom is -0.322 e. The summed E-state index contributed by atoms with van der Waals surface area (Å²) in [4.78, 5) is 19.3. The lowest BCUT2D eigenvalue weighted by Gasteiger charge is -2.22. The lowest BCUT2D eigenvalue weighted by molar-refractivity contribution is -0.105. The van der Waals surface area contributed by atoms with Crippen LogP contribution in [0.4, 0.5) is 10.2 Å². The zero-order valence-electron chi connectivity index (χ0n) is 14.4. The average Bonchev–Trinajstić information content (AvgIpc) is 3.08. The van der Waals surface area contributed by atoms with Crippen LogP contribution in [0.5, 0.6) is 0 Å². The molecule has 3 heterocycles. The third-order valence-corrected chi connectivity index (χ3v) is 4.97. The molecule has 0 unspecified atom stereocenters. The molecule has 0 bridgehead atoms. The van der Waals surface area contributed by atoms with Crippen molar-refractivity contribution in [3.63, 3.8) is 0 Å². The number of amides is 1. The predicted molar refractivity (Wildman–Crippen MR) is 95.0 cm³/mol. The van der Waals surface area contributed by atoms with Gasteiger partial charge in [-0.25, -0.2) is 14.4 Å². The molecule has 0 aliphatic carbocycles. The van der Waals surface area contributed by atoms with Gasteiger partial charge in [-0.3, -0.25) is 4.79 Å². The number of hydrogen-bond acceptors (Lipinski definition) is 3. The number of nitrogens with one attached hydrogen (secondary N) is 1. The standard InChI is InChI=1S/C19H19FN4O/c1-11-9-21-16(22-10-25)8-13(11)12-6-14(20)18-15(7-12)24-17(23-18)4-5-19(24,2)3/h6-10H,4-5H2,1-3H3,(H,21,22,25). The first-order valence-corrected chi connectivity index (χ1v) is 8.29. The molecule has 1 N–H and O–H groups in total. The van der Waals surface area contributed by atoms with Gasteiger partial charge in [0.25, 0.3) is 0 Å². The van der Waals surface area contributed by atoms with Crippen molar-refractivity contribution in [1.82, 2.24) is 14.5 Å². The number of anilines is 1. The SMILES string of the molecule is Cc1cnc(NC=O)cc1-c1cc(F)c2nc3n(c2c1)C(C)(C)CC3. The Kier molecular flexibility index (Phi) is 3.39. The summed E-state index contributed by atoms with van der Waals surface area (Å²) in [6, 6.07) is 5.25. The third kappa shape index (κ3) is 2.40. The van der Waals surface area contributed by atoms with E-state index in [1.165, 1.54) is 6.07 Å². The number of aryl methyl sites for hydroxylation is 2. The second kappa shape index (κ2) is 5.37. The highest BCUT2D eigenvalue weighted by molar-refractivity contribution is 5.85. The van der Waals surface area contributed by atoms with Gasteiger partial charge in [0.1, 0.15) is 17.2 Å². The van der Waals surface area contributed by atoms with Gasteiger partial charge in [0.15, 0.2) is 5.82 Å². The molecule has 2 aromatic heterocycles. The number of nitrogens with zero attached hydrogens (tertiary/aromatic N) is 3. The molecule has 128 valence electrons. The van der Waals surface area contributed by atoms with Crippen LogP contribution in [0.1, 0.15) is 31.7 Å². The largest absolute Gasteiger partial charge is 0.322 e. The molecule has 1 aliphatic rings. The average molecular weight is 338 g/mol. The molecule has 1 amide bonds. The summed E-state index contributed by atoms with van der Waals surface area (Å²) in [7, 11) is 0. The van der Waals surface area contributed by atoms with Crippen molar-refractivity contribution in [3.05, 3.63) is 41.6 Å². The monoisotopic (exact) mass is 338 g/mol. The number of aromatic nitrogens is 3. The first kappa shape index (κ1) is 15.7. The molecular weight excluding hydrogens is 319 g/mol. The number of pyridine rings is 1. The highest BCUT2D eigenvalue weighted by Gasteiger charge is 2.33. The van der Waals surface area contributed by atoms with E-state index in [9.17, 15) is 9.18 Å². The molecule has 25 heavy (non-hydrogen) atoms. The van der Waals surface area contributed by atoms with E-state index in [2.05, 4.69) is 33.7 Å². The summed E-state index contributed by atoms with van der Waals surface area (Å²) in [6.07, 6.45) is 4.11. The van der Waals surface area contributed by atoms with Gasteiger partial charge in [0, 0.05) is 18.2 Å². The van der Waals surface area contributed by atoms with E-state index in [1.54, 1.807) is 12.3 Å². The van der Waals surface area contributed by atoms with Gasteiger partial charge in [-0.2, -0.15) is 0 Å². The quantitative estimate of drug-likeness (QED) is 0.739. The van der Waals surface area contributed by atoms with Crippen molar-refractivity contribution in [1.29, 1.82) is 0 Å². The van der Waals surface area contributed by atoms with Crippen LogP contribution in [0, 0.1) is 12.7 Å². The smallest absolute Gasteiger partial charge is 0.212 e. The van der Waals surface area contributed by atoms with Crippen LogP contribution in [-0.2, 0) is 16.8 Å². The van der Waals surface area contributed by atoms with Crippen molar-refractivity contribution < 1.29 is 9.18 Å². The lowest BCUT2D eigenvalue weighted by atomic mass is 9.99. The van der Waals surface area contributed by atoms with Gasteiger partial charge in [-0.1, -0.05) is 0 Å². The van der Waals surface area contributed by atoms with Crippen LogP contribution in [0.3, 0.4) is 0 Å². The maximum Gasteiger partial charge on any atom is 0.212 e. The Labute approximate surface area is 144 Å². The third-order valence-electron chi connectivity index (χ3n) is 4.97. The summed E-state index contributed by atoms with van der Waals surface area (Å²) in [5.41, 5.74) is 3.66. The van der Waals surface area contributed by atoms with Crippen LogP contribution in [0.25, 0.3) is 22.2 Å². The highest BCUT2D eigenvalue weighted by Crippen LogP contribution is 2.38. The van der Waals surface area contributed by atoms with Crippen LogP contribution in [0.2, 0.25) is 0 Å². The maximum absolute atomic E-state index is 14.8. The molecule has 6 heteroatoms. The Hall–Kier alpha value is -2.76. The Balaban J connectivity index is 1.95. The van der Waals surface area contributed by atoms with E-state index in [4.69, 9.17) is 0 Å². The van der Waals surface area contributed by atoms with Crippen molar-refractivity contribution in [2.24, 2.45) is 0 Å². The molecule has 0 spiro atoms. The Morgan fingerprint density at radius 2 is 2.12 bits per heavy atom. The fourth-order valence-corrected chi connectivity index (χ4v) is 3.69. The van der Waals surface area contributed by atoms with Crippen LogP contribution in [0.15, 0.2) is 24.4 Å². The first-order valence-electron chi connectivity index (χ1n) is 8.29. The Bertz CT molecular complexity index is 1010. The van der Waals surface area contributed by atoms with Gasteiger partial charge in [0.2, 0.25) is 6.41 Å². The minimum absolute atomic E-state index is 0.0767. The van der Waals surface area contributed by atoms with Crippen molar-refractivity contribution >= 4 is 23.3 Å². The number of benzene rings is 1. The van der Waals surface area contributed by atoms with Crippen LogP contribution < -0.4 is 5.32 Å². The van der Waals surface area contributed by atoms with E-state index in [0.29, 0.717) is 17.7 Å². The summed E-state index contributed by atoms with van der Waals surface area (Å²) < 4.78 is 16.9. The molecule has 3 aromatic rings. The lowest BCUT2D eigenvalue weighted by Crippen LogP contribution is -2.21. The van der Waals surface area contributed by atoms with Gasteiger partial charge in [-0.15, -0.1) is 0 Å². The molecule has 4 rings (SSSR count). The van der Waals surface area contributed by atoms with Gasteiger partial charge < -0.3 is 9.88 Å². The molecule has 5 nitrogen and oxygen atoms in total. The molecule has 1 aromatic carbocycles. The maximum atomic E-state index is 14.8. The van der Waals surface area contributed by atoms with E-state index in [1.807, 2.05) is 13.0 Å². The fraction of sp³-hybridized carbons (Fsp3) is 0.316. The van der Waals surface area contributed by atoms with Crippen LogP contribution in [-0.4, -0.2) is 20.9 Å². The van der Waals surface area contributed by atoms with Crippen molar-refractivity contribution in [3.8, 4) is 11.1 Å². The normalized spacial score (nSPS) is 15.4. The molecule has 1 aliphatic heterocycles. The number of fused-ring (bicyclic) bond motifs is 3. The van der Waals surface area contributed by atoms with Gasteiger partial charge >= 0.3 is 0 Å². The molecule has 0 atom stereocenters. The second-order valence-electron chi connectivity index (χ2n) is 7.15. The minimum atomic E-state index is -0.327. The zero-order chi connectivity index (χ0) is 17.8. The second-order valence-corrected chi connectivity index (χ2v) is 7.15. The van der Waals surface area contributed by atoms with E-state index in [-0.39, 0.29) is 11.4 Å². The Morgan fingerprint density at radius 1 is 1.32 bits per heavy atom. The summed E-state index contributed by atoms with van der Waals surface area (Å²) in [5.74, 6) is 1.05. The number of carbonyl (C=O) groups excluding carboxylic acids is 1. The Morgan fingerprint density at radius 3 is 2.88 bits per heavy atom. The fourth-order valence-electron chi connectivity index (χ4n) is 3.69. The first-order chi connectivity index (χ1) is 11.9. The zero-order valence-corrected chi connectivity index (χ0v) is 14.4. The molecule has 0 saturated carbocycles. The van der Waals surface area contributed by atoms with E-state index >= 15 is 0 Å². The van der Waals surface area contributed by atoms with Crippen molar-refractivity contribution in [2.45, 2.75) is 39.2 Å². The number of carbonyl (C=O) groups is 1. The van der Waals surface area contributed by atoms with Crippen LogP contribution >= 0.6 is 0 Å². The molecule has 0 fully saturated rings. The summed E-state index contributed by atoms with van der Waals surface area (Å²) >= 11 is 0. The van der Waals surface area contributed by atoms with Gasteiger partial charge in [0.05, 0.1) is 5.52 Å². The predicted octanol–water partition coefficient (Wildman–Crippen LogP) is 3.80.